The Morgan fingerprint density at radius 3 is 2.84 bits per heavy atom. The number of pyridine rings is 1. The van der Waals surface area contributed by atoms with E-state index in [0.717, 1.165) is 37.9 Å². The van der Waals surface area contributed by atoms with Gasteiger partial charge in [-0.2, -0.15) is 0 Å². The molecule has 1 aliphatic heterocycles. The van der Waals surface area contributed by atoms with Gasteiger partial charge in [0, 0.05) is 30.2 Å². The second-order valence-corrected chi connectivity index (χ2v) is 7.19. The number of hydrogen-bond acceptors (Lipinski definition) is 4. The normalized spacial score (nSPS) is 31.0. The molecule has 6 heteroatoms. The topological polar surface area (TPSA) is 82.5 Å². The minimum atomic E-state index is -0.476. The maximum absolute atomic E-state index is 13.1. The van der Waals surface area contributed by atoms with Crippen LogP contribution in [-0.4, -0.2) is 28.6 Å². The van der Waals surface area contributed by atoms with Crippen molar-refractivity contribution < 1.29 is 14.8 Å². The van der Waals surface area contributed by atoms with Crippen LogP contribution in [0.3, 0.4) is 0 Å². The maximum atomic E-state index is 13.1. The molecule has 4 rings (SSSR count). The van der Waals surface area contributed by atoms with Crippen LogP contribution in [0.15, 0.2) is 48.3 Å². The van der Waals surface area contributed by atoms with Crippen LogP contribution in [0.1, 0.15) is 25.7 Å². The number of nitrogens with one attached hydrogen (secondary N) is 1. The molecular weight excluding hydrogens is 318 g/mol. The van der Waals surface area contributed by atoms with E-state index < -0.39 is 5.91 Å². The minimum absolute atomic E-state index is 0.216. The molecule has 1 aromatic rings. The first-order valence-corrected chi connectivity index (χ1v) is 8.69. The van der Waals surface area contributed by atoms with Gasteiger partial charge >= 0.3 is 0 Å². The smallest absolute Gasteiger partial charge is 0.274 e. The summed E-state index contributed by atoms with van der Waals surface area (Å²) in [4.78, 5) is 30.6. The number of amides is 2. The Hall–Kier alpha value is -2.47. The fourth-order valence-electron chi connectivity index (χ4n) is 4.52. The number of anilines is 1. The van der Waals surface area contributed by atoms with Gasteiger partial charge in [-0.25, -0.2) is 5.48 Å². The van der Waals surface area contributed by atoms with E-state index in [4.69, 9.17) is 5.21 Å². The number of carbonyl (C=O) groups excluding carboxylic acids is 2. The molecule has 2 fully saturated rings. The van der Waals surface area contributed by atoms with Gasteiger partial charge in [-0.15, -0.1) is 0 Å². The second-order valence-electron chi connectivity index (χ2n) is 7.19. The lowest BCUT2D eigenvalue weighted by atomic mass is 9.63. The number of allylic oxidation sites excluding steroid dienone is 2. The lowest BCUT2D eigenvalue weighted by Gasteiger charge is -2.40. The Kier molecular flexibility index (Phi) is 3.92. The first-order valence-electron chi connectivity index (χ1n) is 8.69. The van der Waals surface area contributed by atoms with Crippen LogP contribution >= 0.6 is 0 Å². The molecule has 3 atom stereocenters. The number of hydroxylamine groups is 1. The van der Waals surface area contributed by atoms with Crippen molar-refractivity contribution in [2.75, 3.05) is 11.4 Å². The van der Waals surface area contributed by atoms with Crippen LogP contribution in [0.25, 0.3) is 0 Å². The Balaban J connectivity index is 1.52. The predicted octanol–water partition coefficient (Wildman–Crippen LogP) is 2.22. The lowest BCUT2D eigenvalue weighted by Crippen LogP contribution is -2.41. The third kappa shape index (κ3) is 2.66. The standard InChI is InChI=1S/C19H21N3O3/c23-17(21-25)14-1-2-15-12-19(6-3-13(15)11-14)7-10-22(18(19)24)16-4-8-20-9-5-16/h1-2,4-5,8-9,11,13,15,25H,3,6-7,10,12H2,(H,21,23)/t13?,15?,19-/m0/s1. The number of rotatable bonds is 2. The summed E-state index contributed by atoms with van der Waals surface area (Å²) in [6.07, 6.45) is 12.6. The monoisotopic (exact) mass is 339 g/mol. The van der Waals surface area contributed by atoms with Crippen LogP contribution < -0.4 is 10.4 Å². The molecule has 1 aromatic heterocycles. The molecule has 130 valence electrons. The average molecular weight is 339 g/mol. The summed E-state index contributed by atoms with van der Waals surface area (Å²) in [7, 11) is 0. The van der Waals surface area contributed by atoms with E-state index >= 15 is 0 Å². The molecule has 6 nitrogen and oxygen atoms in total. The van der Waals surface area contributed by atoms with Gasteiger partial charge < -0.3 is 4.90 Å². The maximum Gasteiger partial charge on any atom is 0.274 e. The van der Waals surface area contributed by atoms with Crippen LogP contribution in [-0.2, 0) is 9.59 Å². The van der Waals surface area contributed by atoms with Crippen molar-refractivity contribution >= 4 is 17.5 Å². The quantitative estimate of drug-likeness (QED) is 0.639. The highest BCUT2D eigenvalue weighted by Crippen LogP contribution is 2.51. The highest BCUT2D eigenvalue weighted by molar-refractivity contribution is 6.00. The van der Waals surface area contributed by atoms with E-state index in [1.165, 1.54) is 0 Å². The molecule has 25 heavy (non-hydrogen) atoms. The van der Waals surface area contributed by atoms with Crippen LogP contribution in [0.4, 0.5) is 5.69 Å². The summed E-state index contributed by atoms with van der Waals surface area (Å²) in [5, 5.41) is 8.79. The average Bonchev–Trinajstić information content (AvgIpc) is 2.97. The summed E-state index contributed by atoms with van der Waals surface area (Å²) < 4.78 is 0. The SMILES string of the molecule is O=C(NO)C1=CC2CC[C@]3(CCN(c4ccncc4)C3=O)CC2C=C1. The molecule has 2 unspecified atom stereocenters. The molecule has 1 spiro atoms. The summed E-state index contributed by atoms with van der Waals surface area (Å²) in [6, 6.07) is 3.76. The van der Waals surface area contributed by atoms with E-state index in [2.05, 4.69) is 4.98 Å². The fourth-order valence-corrected chi connectivity index (χ4v) is 4.52. The molecule has 3 aliphatic rings. The molecule has 2 N–H and O–H groups in total. The Labute approximate surface area is 146 Å². The number of aromatic nitrogens is 1. The summed E-state index contributed by atoms with van der Waals surface area (Å²) in [6.45, 7) is 0.748. The first kappa shape index (κ1) is 16.0. The molecule has 2 amide bonds. The fraction of sp³-hybridized carbons (Fsp3) is 0.421. The molecule has 1 saturated carbocycles. The van der Waals surface area contributed by atoms with Crippen molar-refractivity contribution in [2.45, 2.75) is 25.7 Å². The van der Waals surface area contributed by atoms with Crippen LogP contribution in [0.5, 0.6) is 0 Å². The van der Waals surface area contributed by atoms with Gasteiger partial charge in [-0.1, -0.05) is 18.2 Å². The highest BCUT2D eigenvalue weighted by atomic mass is 16.5. The van der Waals surface area contributed by atoms with Gasteiger partial charge in [0.15, 0.2) is 0 Å². The van der Waals surface area contributed by atoms with Crippen LogP contribution in [0.2, 0.25) is 0 Å². The van der Waals surface area contributed by atoms with Crippen molar-refractivity contribution in [1.29, 1.82) is 0 Å². The molecule has 0 aromatic carbocycles. The van der Waals surface area contributed by atoms with E-state index in [0.29, 0.717) is 5.57 Å². The molecule has 0 radical (unpaired) electrons. The number of nitrogens with zero attached hydrogens (tertiary/aromatic N) is 2. The Morgan fingerprint density at radius 1 is 1.28 bits per heavy atom. The van der Waals surface area contributed by atoms with E-state index in [-0.39, 0.29) is 23.2 Å². The van der Waals surface area contributed by atoms with Crippen molar-refractivity contribution in [3.63, 3.8) is 0 Å². The van der Waals surface area contributed by atoms with Gasteiger partial charge in [-0.3, -0.25) is 19.8 Å². The third-order valence-corrected chi connectivity index (χ3v) is 5.90. The van der Waals surface area contributed by atoms with Gasteiger partial charge in [-0.05, 0) is 49.7 Å². The summed E-state index contributed by atoms with van der Waals surface area (Å²) in [5.41, 5.74) is 2.81. The zero-order chi connectivity index (χ0) is 17.4. The first-order chi connectivity index (χ1) is 12.1. The van der Waals surface area contributed by atoms with Gasteiger partial charge in [0.05, 0.1) is 5.41 Å². The summed E-state index contributed by atoms with van der Waals surface area (Å²) in [5.74, 6) is 0.264. The zero-order valence-corrected chi connectivity index (χ0v) is 13.9. The Morgan fingerprint density at radius 2 is 2.08 bits per heavy atom. The third-order valence-electron chi connectivity index (χ3n) is 5.90. The van der Waals surface area contributed by atoms with E-state index in [9.17, 15) is 9.59 Å². The van der Waals surface area contributed by atoms with Crippen LogP contribution in [0, 0.1) is 17.3 Å². The molecule has 2 aliphatic carbocycles. The lowest BCUT2D eigenvalue weighted by molar-refractivity contribution is -0.128. The molecule has 1 saturated heterocycles. The Bertz CT molecular complexity index is 758. The highest BCUT2D eigenvalue weighted by Gasteiger charge is 2.51. The van der Waals surface area contributed by atoms with Crippen molar-refractivity contribution in [2.24, 2.45) is 17.3 Å². The molecular formula is C19H21N3O3. The minimum Gasteiger partial charge on any atom is -0.312 e. The van der Waals surface area contributed by atoms with E-state index in [1.807, 2.05) is 29.2 Å². The zero-order valence-electron chi connectivity index (χ0n) is 13.9. The van der Waals surface area contributed by atoms with Gasteiger partial charge in [0.2, 0.25) is 5.91 Å². The molecule has 2 heterocycles. The predicted molar refractivity (Wildman–Crippen MR) is 91.6 cm³/mol. The number of fused-ring (bicyclic) bond motifs is 1. The van der Waals surface area contributed by atoms with Gasteiger partial charge in [0.25, 0.3) is 5.91 Å². The van der Waals surface area contributed by atoms with Crippen molar-refractivity contribution in [1.82, 2.24) is 10.5 Å². The number of carbonyl (C=O) groups is 2. The van der Waals surface area contributed by atoms with Gasteiger partial charge in [0.1, 0.15) is 0 Å². The number of hydrogen-bond donors (Lipinski definition) is 2. The van der Waals surface area contributed by atoms with Crippen molar-refractivity contribution in [3.05, 3.63) is 48.3 Å². The molecule has 0 bridgehead atoms. The largest absolute Gasteiger partial charge is 0.312 e. The van der Waals surface area contributed by atoms with Crippen molar-refractivity contribution in [3.8, 4) is 0 Å². The summed E-state index contributed by atoms with van der Waals surface area (Å²) >= 11 is 0. The van der Waals surface area contributed by atoms with E-state index in [1.54, 1.807) is 23.9 Å². The second kappa shape index (κ2) is 6.11.